The Bertz CT molecular complexity index is 1080. The number of rotatable bonds is 6. The Kier molecular flexibility index (Phi) is 7.38. The molecule has 2 aromatic carbocycles. The maximum absolute atomic E-state index is 12.7. The molecule has 0 radical (unpaired) electrons. The lowest BCUT2D eigenvalue weighted by atomic mass is 10.1. The highest BCUT2D eigenvalue weighted by molar-refractivity contribution is 7.87. The number of hydrogen-bond acceptors (Lipinski definition) is 8. The molecule has 1 heterocycles. The number of aliphatic hydroxyl groups is 1. The summed E-state index contributed by atoms with van der Waals surface area (Å²) >= 11 is 0. The molecule has 0 aliphatic carbocycles. The van der Waals surface area contributed by atoms with Gasteiger partial charge in [-0.1, -0.05) is 12.1 Å². The average Bonchev–Trinajstić information content (AvgIpc) is 2.97. The van der Waals surface area contributed by atoms with E-state index in [1.165, 1.54) is 54.4 Å². The Morgan fingerprint density at radius 2 is 1.73 bits per heavy atom. The summed E-state index contributed by atoms with van der Waals surface area (Å²) in [6, 6.07) is 10.3. The second kappa shape index (κ2) is 9.88. The number of fused-ring (bicyclic) bond motifs is 1. The summed E-state index contributed by atoms with van der Waals surface area (Å²) in [6.07, 6.45) is -0.836. The second-order valence-corrected chi connectivity index (χ2v) is 10.2. The van der Waals surface area contributed by atoms with Gasteiger partial charge in [-0.2, -0.15) is 8.42 Å². The number of carbonyl (C=O) groups excluding carboxylic acids is 1. The molecule has 33 heavy (non-hydrogen) atoms. The van der Waals surface area contributed by atoms with Gasteiger partial charge in [-0.3, -0.25) is 0 Å². The van der Waals surface area contributed by atoms with E-state index < -0.39 is 27.9 Å². The highest BCUT2D eigenvalue weighted by Crippen LogP contribution is 2.33. The average molecular weight is 480 g/mol. The lowest BCUT2D eigenvalue weighted by Crippen LogP contribution is -2.36. The molecule has 1 atom stereocenters. The van der Waals surface area contributed by atoms with Gasteiger partial charge in [0.1, 0.15) is 16.2 Å². The van der Waals surface area contributed by atoms with Crippen LogP contribution in [0.15, 0.2) is 47.4 Å². The first-order valence-electron chi connectivity index (χ1n) is 10.5. The van der Waals surface area contributed by atoms with Gasteiger partial charge in [-0.15, -0.1) is 0 Å². The Balaban J connectivity index is 1.65. The van der Waals surface area contributed by atoms with Crippen LogP contribution >= 0.6 is 0 Å². The van der Waals surface area contributed by atoms with Crippen LogP contribution in [-0.4, -0.2) is 56.9 Å². The van der Waals surface area contributed by atoms with Crippen LogP contribution in [0.2, 0.25) is 0 Å². The van der Waals surface area contributed by atoms with Crippen LogP contribution in [0.25, 0.3) is 0 Å². The van der Waals surface area contributed by atoms with Crippen molar-refractivity contribution in [1.29, 1.82) is 0 Å². The minimum absolute atomic E-state index is 0.00458. The zero-order chi connectivity index (χ0) is 24.2. The Morgan fingerprint density at radius 1 is 1.09 bits per heavy atom. The molecule has 0 fully saturated rings. The van der Waals surface area contributed by atoms with Crippen molar-refractivity contribution in [3.63, 3.8) is 0 Å². The third-order valence-corrected chi connectivity index (χ3v) is 5.87. The summed E-state index contributed by atoms with van der Waals surface area (Å²) in [5.41, 5.74) is -0.150. The van der Waals surface area contributed by atoms with E-state index in [1.54, 1.807) is 20.8 Å². The van der Waals surface area contributed by atoms with E-state index in [9.17, 15) is 18.3 Å². The van der Waals surface area contributed by atoms with Crippen molar-refractivity contribution < 1.29 is 36.7 Å². The molecule has 0 bridgehead atoms. The van der Waals surface area contributed by atoms with Gasteiger partial charge in [0.25, 0.3) is 0 Å². The lowest BCUT2D eigenvalue weighted by molar-refractivity contribution is 0.0205. The van der Waals surface area contributed by atoms with Crippen LogP contribution in [-0.2, 0) is 14.9 Å². The minimum Gasteiger partial charge on any atom is -0.490 e. The van der Waals surface area contributed by atoms with E-state index in [-0.39, 0.29) is 17.2 Å². The topological polar surface area (TPSA) is 112 Å². The number of likely N-dealkylation sites (N-methyl/N-ethyl adjacent to an activating group) is 1. The molecular formula is C23H29NO8S. The van der Waals surface area contributed by atoms with Crippen molar-refractivity contribution in [3.05, 3.63) is 48.0 Å². The third-order valence-electron chi connectivity index (χ3n) is 4.63. The molecule has 2 aromatic rings. The molecule has 3 rings (SSSR count). The lowest BCUT2D eigenvalue weighted by Gasteiger charge is -2.26. The van der Waals surface area contributed by atoms with Crippen LogP contribution < -0.4 is 13.7 Å². The molecule has 0 saturated heterocycles. The van der Waals surface area contributed by atoms with Crippen LogP contribution in [0.1, 0.15) is 38.9 Å². The number of benzene rings is 2. The Hall–Kier alpha value is -2.98. The normalized spacial score (nSPS) is 14.7. The molecule has 9 nitrogen and oxygen atoms in total. The van der Waals surface area contributed by atoms with Crippen molar-refractivity contribution in [2.75, 3.05) is 26.8 Å². The summed E-state index contributed by atoms with van der Waals surface area (Å²) in [5.74, 6) is 0.921. The number of nitrogens with zero attached hydrogens (tertiary/aromatic N) is 1. The maximum Gasteiger partial charge on any atom is 0.410 e. The van der Waals surface area contributed by atoms with E-state index in [2.05, 4.69) is 0 Å². The number of amides is 1. The van der Waals surface area contributed by atoms with E-state index >= 15 is 0 Å². The van der Waals surface area contributed by atoms with Crippen LogP contribution in [0.3, 0.4) is 0 Å². The standard InChI is InChI=1S/C23H29NO8S/c1-23(2,3)31-22(26)24(4)15-19(25)16-6-8-17(9-7-16)32-33(27,28)18-10-11-20-21(14-18)30-13-5-12-29-20/h6-11,14,19,25H,5,12-13,15H2,1-4H3. The first-order chi connectivity index (χ1) is 15.4. The number of ether oxygens (including phenoxy) is 3. The Morgan fingerprint density at radius 3 is 2.36 bits per heavy atom. The van der Waals surface area contributed by atoms with Crippen molar-refractivity contribution >= 4 is 16.2 Å². The molecule has 1 N–H and O–H groups in total. The number of aliphatic hydroxyl groups excluding tert-OH is 1. The van der Waals surface area contributed by atoms with Gasteiger partial charge in [0, 0.05) is 19.5 Å². The Labute approximate surface area is 194 Å². The first kappa shape index (κ1) is 24.7. The largest absolute Gasteiger partial charge is 0.490 e. The fourth-order valence-corrected chi connectivity index (χ4v) is 3.95. The molecule has 1 aliphatic rings. The highest BCUT2D eigenvalue weighted by atomic mass is 32.2. The van der Waals surface area contributed by atoms with Gasteiger partial charge in [-0.05, 0) is 50.6 Å². The molecular weight excluding hydrogens is 450 g/mol. The summed E-state index contributed by atoms with van der Waals surface area (Å²) in [5, 5.41) is 10.4. The van der Waals surface area contributed by atoms with Crippen LogP contribution in [0, 0.1) is 0 Å². The van der Waals surface area contributed by atoms with Crippen molar-refractivity contribution in [3.8, 4) is 17.2 Å². The molecule has 0 aromatic heterocycles. The molecule has 1 amide bonds. The predicted molar refractivity (Wildman–Crippen MR) is 120 cm³/mol. The van der Waals surface area contributed by atoms with E-state index in [0.717, 1.165) is 0 Å². The van der Waals surface area contributed by atoms with Gasteiger partial charge in [0.05, 0.1) is 25.9 Å². The fourth-order valence-electron chi connectivity index (χ4n) is 3.00. The van der Waals surface area contributed by atoms with Crippen molar-refractivity contribution in [1.82, 2.24) is 4.90 Å². The monoisotopic (exact) mass is 479 g/mol. The predicted octanol–water partition coefficient (Wildman–Crippen LogP) is 3.52. The minimum atomic E-state index is -4.11. The summed E-state index contributed by atoms with van der Waals surface area (Å²) in [6.45, 7) is 6.22. The SMILES string of the molecule is CN(CC(O)c1ccc(OS(=O)(=O)c2ccc3c(c2)OCCCO3)cc1)C(=O)OC(C)(C)C. The van der Waals surface area contributed by atoms with Crippen LogP contribution in [0.4, 0.5) is 4.79 Å². The van der Waals surface area contributed by atoms with E-state index in [1.807, 2.05) is 0 Å². The van der Waals surface area contributed by atoms with Crippen molar-refractivity contribution in [2.24, 2.45) is 0 Å². The van der Waals surface area contributed by atoms with Gasteiger partial charge >= 0.3 is 16.2 Å². The highest BCUT2D eigenvalue weighted by Gasteiger charge is 2.23. The smallest absolute Gasteiger partial charge is 0.410 e. The maximum atomic E-state index is 12.7. The molecule has 1 unspecified atom stereocenters. The van der Waals surface area contributed by atoms with Crippen molar-refractivity contribution in [2.45, 2.75) is 43.8 Å². The quantitative estimate of drug-likeness (QED) is 0.627. The zero-order valence-corrected chi connectivity index (χ0v) is 19.9. The first-order valence-corrected chi connectivity index (χ1v) is 11.9. The molecule has 0 spiro atoms. The molecule has 0 saturated carbocycles. The number of hydrogen-bond donors (Lipinski definition) is 1. The van der Waals surface area contributed by atoms with Gasteiger partial charge in [-0.25, -0.2) is 4.79 Å². The van der Waals surface area contributed by atoms with Crippen LogP contribution in [0.5, 0.6) is 17.2 Å². The number of carbonyl (C=O) groups is 1. The summed E-state index contributed by atoms with van der Waals surface area (Å²) in [7, 11) is -2.58. The molecule has 180 valence electrons. The van der Waals surface area contributed by atoms with Gasteiger partial charge in [0.15, 0.2) is 11.5 Å². The molecule has 1 aliphatic heterocycles. The van der Waals surface area contributed by atoms with E-state index in [4.69, 9.17) is 18.4 Å². The van der Waals surface area contributed by atoms with E-state index in [0.29, 0.717) is 36.7 Å². The third kappa shape index (κ3) is 6.75. The fraction of sp³-hybridized carbons (Fsp3) is 0.435. The summed E-state index contributed by atoms with van der Waals surface area (Å²) < 4.78 is 47.0. The molecule has 10 heteroatoms. The zero-order valence-electron chi connectivity index (χ0n) is 19.1. The van der Waals surface area contributed by atoms with Gasteiger partial charge < -0.3 is 28.4 Å². The second-order valence-electron chi connectivity index (χ2n) is 8.64. The summed E-state index contributed by atoms with van der Waals surface area (Å²) in [4.78, 5) is 13.3. The van der Waals surface area contributed by atoms with Gasteiger partial charge in [0.2, 0.25) is 0 Å².